The Morgan fingerprint density at radius 2 is 1.74 bits per heavy atom. The Balaban J connectivity index is 1.76. The lowest BCUT2D eigenvalue weighted by Gasteiger charge is -2.33. The van der Waals surface area contributed by atoms with Crippen LogP contribution in [0.1, 0.15) is 29.8 Å². The molecule has 204 valence electrons. The van der Waals surface area contributed by atoms with Gasteiger partial charge in [0, 0.05) is 23.6 Å². The zero-order valence-corrected chi connectivity index (χ0v) is 21.6. The summed E-state index contributed by atoms with van der Waals surface area (Å²) in [7, 11) is 0. The number of H-pyrrole nitrogens is 1. The minimum Gasteiger partial charge on any atom is -0.455 e. The molecule has 2 aromatic carbocycles. The fourth-order valence-corrected chi connectivity index (χ4v) is 4.49. The third kappa shape index (κ3) is 6.62. The van der Waals surface area contributed by atoms with E-state index in [1.165, 1.54) is 20.0 Å². The standard InChI is InChI=1S/C27H29N5O7/c1-18-13-32(26(35)30-24(18)34)25-22(38-19(2)33)23(37-15-21-11-7-4-8-12-21)27(39-25,16-29-31-28)17-36-14-20-9-5-3-6-10-20/h3-13,22-23,25H,14-17H2,1-2H3,(H,30,34,35)/t22-,23+,25-,27-/m1/s1. The second-order valence-corrected chi connectivity index (χ2v) is 9.21. The van der Waals surface area contributed by atoms with Crippen molar-refractivity contribution in [2.45, 2.75) is 51.1 Å². The molecule has 0 radical (unpaired) electrons. The number of nitrogens with zero attached hydrogens (tertiary/aromatic N) is 4. The van der Waals surface area contributed by atoms with E-state index in [1.54, 1.807) is 0 Å². The first-order chi connectivity index (χ1) is 18.8. The van der Waals surface area contributed by atoms with Gasteiger partial charge in [-0.05, 0) is 23.6 Å². The normalized spacial score (nSPS) is 22.3. The van der Waals surface area contributed by atoms with Crippen LogP contribution in [-0.2, 0) is 37.0 Å². The maximum atomic E-state index is 12.9. The second kappa shape index (κ2) is 12.5. The summed E-state index contributed by atoms with van der Waals surface area (Å²) in [5.41, 5.74) is 8.39. The van der Waals surface area contributed by atoms with E-state index in [9.17, 15) is 19.9 Å². The van der Waals surface area contributed by atoms with Crippen molar-refractivity contribution in [2.24, 2.45) is 5.11 Å². The van der Waals surface area contributed by atoms with Crippen LogP contribution in [0.2, 0.25) is 0 Å². The Hall–Kier alpha value is -4.22. The fraction of sp³-hybridized carbons (Fsp3) is 0.370. The molecule has 12 heteroatoms. The summed E-state index contributed by atoms with van der Waals surface area (Å²) >= 11 is 0. The van der Waals surface area contributed by atoms with E-state index in [0.717, 1.165) is 15.7 Å². The van der Waals surface area contributed by atoms with E-state index in [-0.39, 0.29) is 31.9 Å². The van der Waals surface area contributed by atoms with Gasteiger partial charge < -0.3 is 18.9 Å². The smallest absolute Gasteiger partial charge is 0.330 e. The minimum atomic E-state index is -1.45. The van der Waals surface area contributed by atoms with Gasteiger partial charge in [-0.3, -0.25) is 19.1 Å². The average Bonchev–Trinajstić information content (AvgIpc) is 3.21. The molecule has 1 saturated heterocycles. The van der Waals surface area contributed by atoms with Crippen molar-refractivity contribution < 1.29 is 23.7 Å². The first-order valence-electron chi connectivity index (χ1n) is 12.3. The van der Waals surface area contributed by atoms with Gasteiger partial charge in [0.15, 0.2) is 12.3 Å². The molecule has 12 nitrogen and oxygen atoms in total. The maximum Gasteiger partial charge on any atom is 0.330 e. The van der Waals surface area contributed by atoms with Gasteiger partial charge >= 0.3 is 11.7 Å². The van der Waals surface area contributed by atoms with Gasteiger partial charge in [-0.25, -0.2) is 4.79 Å². The Labute approximate surface area is 223 Å². The van der Waals surface area contributed by atoms with Gasteiger partial charge in [-0.2, -0.15) is 0 Å². The van der Waals surface area contributed by atoms with Crippen molar-refractivity contribution in [3.05, 3.63) is 115 Å². The number of hydrogen-bond acceptors (Lipinski definition) is 8. The third-order valence-electron chi connectivity index (χ3n) is 6.31. The molecule has 0 spiro atoms. The van der Waals surface area contributed by atoms with E-state index in [2.05, 4.69) is 15.0 Å². The first kappa shape index (κ1) is 27.8. The molecule has 0 unspecified atom stereocenters. The molecule has 0 amide bonds. The van der Waals surface area contributed by atoms with Gasteiger partial charge in [-0.15, -0.1) is 0 Å². The Bertz CT molecular complexity index is 1440. The van der Waals surface area contributed by atoms with E-state index in [1.807, 2.05) is 60.7 Å². The summed E-state index contributed by atoms with van der Waals surface area (Å²) in [6.07, 6.45) is -2.06. The molecular weight excluding hydrogens is 506 g/mol. The van der Waals surface area contributed by atoms with Gasteiger partial charge in [0.2, 0.25) is 0 Å². The van der Waals surface area contributed by atoms with Crippen LogP contribution in [0.4, 0.5) is 0 Å². The number of aryl methyl sites for hydroxylation is 1. The number of aromatic amines is 1. The predicted octanol–water partition coefficient (Wildman–Crippen LogP) is 3.16. The zero-order chi connectivity index (χ0) is 27.8. The van der Waals surface area contributed by atoms with E-state index in [4.69, 9.17) is 18.9 Å². The highest BCUT2D eigenvalue weighted by molar-refractivity contribution is 5.66. The van der Waals surface area contributed by atoms with Crippen LogP contribution >= 0.6 is 0 Å². The molecule has 2 heterocycles. The second-order valence-electron chi connectivity index (χ2n) is 9.21. The lowest BCUT2D eigenvalue weighted by Crippen LogP contribution is -2.51. The number of aromatic nitrogens is 2. The quantitative estimate of drug-likeness (QED) is 0.171. The number of hydrogen-bond donors (Lipinski definition) is 1. The molecule has 0 saturated carbocycles. The number of carbonyl (C=O) groups excluding carboxylic acids is 1. The summed E-state index contributed by atoms with van der Waals surface area (Å²) in [5.74, 6) is -0.638. The van der Waals surface area contributed by atoms with E-state index in [0.29, 0.717) is 0 Å². The zero-order valence-electron chi connectivity index (χ0n) is 21.6. The third-order valence-corrected chi connectivity index (χ3v) is 6.31. The number of azide groups is 1. The molecule has 4 rings (SSSR count). The minimum absolute atomic E-state index is 0.107. The molecule has 0 aliphatic carbocycles. The monoisotopic (exact) mass is 535 g/mol. The molecule has 1 aliphatic rings. The Morgan fingerprint density at radius 3 is 2.36 bits per heavy atom. The molecule has 1 fully saturated rings. The van der Waals surface area contributed by atoms with Crippen molar-refractivity contribution in [3.8, 4) is 0 Å². The molecule has 1 aromatic heterocycles. The molecule has 1 aliphatic heterocycles. The highest BCUT2D eigenvalue weighted by Crippen LogP contribution is 2.42. The number of benzene rings is 2. The maximum absolute atomic E-state index is 12.9. The van der Waals surface area contributed by atoms with Crippen molar-refractivity contribution in [1.82, 2.24) is 9.55 Å². The van der Waals surface area contributed by atoms with Gasteiger partial charge in [0.25, 0.3) is 5.56 Å². The summed E-state index contributed by atoms with van der Waals surface area (Å²) in [5, 5.41) is 3.76. The molecule has 3 aromatic rings. The topological polar surface area (TPSA) is 158 Å². The summed E-state index contributed by atoms with van der Waals surface area (Å²) in [4.78, 5) is 42.3. The van der Waals surface area contributed by atoms with Crippen molar-refractivity contribution in [3.63, 3.8) is 0 Å². The van der Waals surface area contributed by atoms with Crippen LogP contribution in [0.5, 0.6) is 0 Å². The van der Waals surface area contributed by atoms with Crippen molar-refractivity contribution >= 4 is 5.97 Å². The molecule has 4 atom stereocenters. The van der Waals surface area contributed by atoms with Crippen molar-refractivity contribution in [2.75, 3.05) is 13.2 Å². The fourth-order valence-electron chi connectivity index (χ4n) is 4.49. The van der Waals surface area contributed by atoms with Crippen LogP contribution in [0.15, 0.2) is 81.6 Å². The number of rotatable bonds is 11. The van der Waals surface area contributed by atoms with Crippen LogP contribution in [-0.4, -0.2) is 46.5 Å². The summed E-state index contributed by atoms with van der Waals surface area (Å²) < 4.78 is 25.6. The average molecular weight is 536 g/mol. The number of ether oxygens (including phenoxy) is 4. The molecular formula is C27H29N5O7. The number of esters is 1. The van der Waals surface area contributed by atoms with E-state index >= 15 is 0 Å². The highest BCUT2D eigenvalue weighted by atomic mass is 16.6. The van der Waals surface area contributed by atoms with Crippen LogP contribution in [0.3, 0.4) is 0 Å². The summed E-state index contributed by atoms with van der Waals surface area (Å²) in [6.45, 7) is 2.72. The summed E-state index contributed by atoms with van der Waals surface area (Å²) in [6, 6.07) is 18.7. The Morgan fingerprint density at radius 1 is 1.10 bits per heavy atom. The van der Waals surface area contributed by atoms with Crippen LogP contribution in [0, 0.1) is 6.92 Å². The molecule has 39 heavy (non-hydrogen) atoms. The van der Waals surface area contributed by atoms with Gasteiger partial charge in [0.05, 0.1) is 26.4 Å². The van der Waals surface area contributed by atoms with Crippen LogP contribution in [0.25, 0.3) is 10.4 Å². The van der Waals surface area contributed by atoms with Gasteiger partial charge in [0.1, 0.15) is 11.7 Å². The lowest BCUT2D eigenvalue weighted by atomic mass is 9.95. The van der Waals surface area contributed by atoms with Crippen LogP contribution < -0.4 is 11.2 Å². The predicted molar refractivity (Wildman–Crippen MR) is 140 cm³/mol. The van der Waals surface area contributed by atoms with Crippen molar-refractivity contribution in [1.29, 1.82) is 0 Å². The van der Waals surface area contributed by atoms with Gasteiger partial charge in [-0.1, -0.05) is 65.8 Å². The molecule has 0 bridgehead atoms. The SMILES string of the molecule is CC(=O)O[C@H]1[C@H](n2cc(C)c(=O)[nH]c2=O)O[C@](CN=[N+]=[N-])(COCc2ccccc2)[C@H]1OCc1ccccc1. The molecule has 1 N–H and O–H groups in total. The highest BCUT2D eigenvalue weighted by Gasteiger charge is 2.58. The number of nitrogens with one attached hydrogen (secondary N) is 1. The number of carbonyl (C=O) groups is 1. The Kier molecular flexibility index (Phi) is 8.95. The lowest BCUT2D eigenvalue weighted by molar-refractivity contribution is -0.159. The van der Waals surface area contributed by atoms with E-state index < -0.39 is 41.3 Å². The first-order valence-corrected chi connectivity index (χ1v) is 12.3. The largest absolute Gasteiger partial charge is 0.455 e.